The van der Waals surface area contributed by atoms with Gasteiger partial charge in [-0.1, -0.05) is 25.4 Å². The highest BCUT2D eigenvalue weighted by Gasteiger charge is 2.29. The van der Waals surface area contributed by atoms with Gasteiger partial charge in [0.15, 0.2) is 0 Å². The van der Waals surface area contributed by atoms with Crippen LogP contribution in [0, 0.1) is 17.7 Å². The van der Waals surface area contributed by atoms with Crippen molar-refractivity contribution in [3.05, 3.63) is 29.0 Å². The van der Waals surface area contributed by atoms with Crippen molar-refractivity contribution in [3.63, 3.8) is 0 Å². The molecule has 1 heterocycles. The zero-order valence-corrected chi connectivity index (χ0v) is 11.5. The van der Waals surface area contributed by atoms with Crippen LogP contribution in [0.25, 0.3) is 0 Å². The predicted molar refractivity (Wildman–Crippen MR) is 71.6 cm³/mol. The molecule has 0 saturated carbocycles. The van der Waals surface area contributed by atoms with E-state index in [1.54, 1.807) is 6.07 Å². The summed E-state index contributed by atoms with van der Waals surface area (Å²) >= 11 is 5.84. The molecule has 0 spiro atoms. The lowest BCUT2D eigenvalue weighted by Crippen LogP contribution is -2.33. The third kappa shape index (κ3) is 3.36. The lowest BCUT2D eigenvalue weighted by molar-refractivity contribution is 0.0970. The molecule has 1 aliphatic rings. The van der Waals surface area contributed by atoms with Crippen molar-refractivity contribution in [2.75, 3.05) is 13.1 Å². The molecule has 2 rings (SSSR count). The van der Waals surface area contributed by atoms with E-state index < -0.39 is 0 Å². The van der Waals surface area contributed by atoms with Gasteiger partial charge in [-0.05, 0) is 31.0 Å². The first-order chi connectivity index (χ1) is 8.56. The van der Waals surface area contributed by atoms with Gasteiger partial charge in [0.05, 0.1) is 0 Å². The summed E-state index contributed by atoms with van der Waals surface area (Å²) in [7, 11) is 0. The van der Waals surface area contributed by atoms with Gasteiger partial charge in [0.1, 0.15) is 17.7 Å². The van der Waals surface area contributed by atoms with Crippen molar-refractivity contribution in [1.29, 1.82) is 0 Å². The average molecular weight is 272 g/mol. The van der Waals surface area contributed by atoms with E-state index in [9.17, 15) is 4.39 Å². The quantitative estimate of drug-likeness (QED) is 0.905. The standard InChI is InChI=1S/C14H19ClFNO/c1-9(2)14(10-3-4-17-8-10)18-13-6-11(15)5-12(16)7-13/h5-7,9-10,14,17H,3-4,8H2,1-2H3/t10?,14-/m0/s1. The zero-order chi connectivity index (χ0) is 13.1. The van der Waals surface area contributed by atoms with Crippen LogP contribution < -0.4 is 10.1 Å². The van der Waals surface area contributed by atoms with Crippen molar-refractivity contribution in [3.8, 4) is 5.75 Å². The van der Waals surface area contributed by atoms with E-state index in [0.717, 1.165) is 19.5 Å². The monoisotopic (exact) mass is 271 g/mol. The maximum atomic E-state index is 13.3. The van der Waals surface area contributed by atoms with Crippen LogP contribution in [0.15, 0.2) is 18.2 Å². The topological polar surface area (TPSA) is 21.3 Å². The minimum absolute atomic E-state index is 0.0952. The Bertz CT molecular complexity index is 385. The maximum absolute atomic E-state index is 13.3. The second-order valence-corrected chi connectivity index (χ2v) is 5.62. The van der Waals surface area contributed by atoms with Crippen molar-refractivity contribution < 1.29 is 9.13 Å². The Morgan fingerprint density at radius 3 is 2.72 bits per heavy atom. The molecule has 0 aliphatic carbocycles. The van der Waals surface area contributed by atoms with Crippen LogP contribution in [0.2, 0.25) is 5.02 Å². The molecular weight excluding hydrogens is 253 g/mol. The number of halogens is 2. The smallest absolute Gasteiger partial charge is 0.128 e. The van der Waals surface area contributed by atoms with Crippen LogP contribution in [0.3, 0.4) is 0 Å². The highest BCUT2D eigenvalue weighted by Crippen LogP contribution is 2.27. The fraction of sp³-hybridized carbons (Fsp3) is 0.571. The van der Waals surface area contributed by atoms with E-state index in [0.29, 0.717) is 22.6 Å². The molecule has 1 saturated heterocycles. The summed E-state index contributed by atoms with van der Waals surface area (Å²) < 4.78 is 19.2. The Kier molecular flexibility index (Phi) is 4.46. The van der Waals surface area contributed by atoms with Gasteiger partial charge in [0.25, 0.3) is 0 Å². The number of hydrogen-bond donors (Lipinski definition) is 1. The van der Waals surface area contributed by atoms with E-state index in [4.69, 9.17) is 16.3 Å². The highest BCUT2D eigenvalue weighted by atomic mass is 35.5. The first-order valence-electron chi connectivity index (χ1n) is 6.39. The van der Waals surface area contributed by atoms with Gasteiger partial charge in [0, 0.05) is 23.6 Å². The molecule has 0 aromatic heterocycles. The summed E-state index contributed by atoms with van der Waals surface area (Å²) in [6.07, 6.45) is 1.20. The first-order valence-corrected chi connectivity index (χ1v) is 6.77. The van der Waals surface area contributed by atoms with Gasteiger partial charge >= 0.3 is 0 Å². The number of ether oxygens (including phenoxy) is 1. The SMILES string of the molecule is CC(C)[C@H](Oc1cc(F)cc(Cl)c1)C1CCNC1. The van der Waals surface area contributed by atoms with Crippen LogP contribution in [0.4, 0.5) is 4.39 Å². The van der Waals surface area contributed by atoms with E-state index >= 15 is 0 Å². The molecule has 1 aromatic rings. The van der Waals surface area contributed by atoms with Crippen LogP contribution >= 0.6 is 11.6 Å². The predicted octanol–water partition coefficient (Wildman–Crippen LogP) is 3.49. The molecule has 0 bridgehead atoms. The minimum atomic E-state index is -0.357. The number of hydrogen-bond acceptors (Lipinski definition) is 2. The number of nitrogens with one attached hydrogen (secondary N) is 1. The summed E-state index contributed by atoms with van der Waals surface area (Å²) in [4.78, 5) is 0. The molecule has 4 heteroatoms. The normalized spacial score (nSPS) is 21.3. The Morgan fingerprint density at radius 2 is 2.17 bits per heavy atom. The second kappa shape index (κ2) is 5.89. The van der Waals surface area contributed by atoms with Crippen LogP contribution in [0.5, 0.6) is 5.75 Å². The molecule has 0 amide bonds. The van der Waals surface area contributed by atoms with E-state index in [1.165, 1.54) is 12.1 Å². The molecular formula is C14H19ClFNO. The van der Waals surface area contributed by atoms with Gasteiger partial charge in [0.2, 0.25) is 0 Å². The Labute approximate surface area is 112 Å². The van der Waals surface area contributed by atoms with E-state index in [1.807, 2.05) is 0 Å². The Morgan fingerprint density at radius 1 is 1.39 bits per heavy atom. The molecule has 2 nitrogen and oxygen atoms in total. The molecule has 1 aromatic carbocycles. The average Bonchev–Trinajstić information content (AvgIpc) is 2.77. The number of benzene rings is 1. The molecule has 18 heavy (non-hydrogen) atoms. The van der Waals surface area contributed by atoms with Gasteiger partial charge in [-0.3, -0.25) is 0 Å². The fourth-order valence-corrected chi connectivity index (χ4v) is 2.70. The molecule has 1 unspecified atom stereocenters. The van der Waals surface area contributed by atoms with Gasteiger partial charge in [-0.2, -0.15) is 0 Å². The fourth-order valence-electron chi connectivity index (χ4n) is 2.49. The van der Waals surface area contributed by atoms with Gasteiger partial charge in [-0.15, -0.1) is 0 Å². The summed E-state index contributed by atoms with van der Waals surface area (Å²) in [6.45, 7) is 6.25. The molecule has 1 fully saturated rings. The van der Waals surface area contributed by atoms with Crippen LogP contribution in [-0.2, 0) is 0 Å². The molecule has 1 aliphatic heterocycles. The van der Waals surface area contributed by atoms with Crippen LogP contribution in [0.1, 0.15) is 20.3 Å². The molecule has 0 radical (unpaired) electrons. The van der Waals surface area contributed by atoms with Crippen LogP contribution in [-0.4, -0.2) is 19.2 Å². The van der Waals surface area contributed by atoms with Crippen molar-refractivity contribution in [2.24, 2.45) is 11.8 Å². The highest BCUT2D eigenvalue weighted by molar-refractivity contribution is 6.30. The van der Waals surface area contributed by atoms with Gasteiger partial charge in [-0.25, -0.2) is 4.39 Å². The third-order valence-electron chi connectivity index (χ3n) is 3.33. The van der Waals surface area contributed by atoms with Crippen molar-refractivity contribution in [1.82, 2.24) is 5.32 Å². The van der Waals surface area contributed by atoms with Crippen molar-refractivity contribution in [2.45, 2.75) is 26.4 Å². The summed E-state index contributed by atoms with van der Waals surface area (Å²) in [6, 6.07) is 4.35. The maximum Gasteiger partial charge on any atom is 0.128 e. The van der Waals surface area contributed by atoms with E-state index in [2.05, 4.69) is 19.2 Å². The summed E-state index contributed by atoms with van der Waals surface area (Å²) in [5.41, 5.74) is 0. The Balaban J connectivity index is 2.12. The molecule has 2 atom stereocenters. The Hall–Kier alpha value is -0.800. The lowest BCUT2D eigenvalue weighted by Gasteiger charge is -2.27. The second-order valence-electron chi connectivity index (χ2n) is 5.18. The van der Waals surface area contributed by atoms with E-state index in [-0.39, 0.29) is 11.9 Å². The zero-order valence-electron chi connectivity index (χ0n) is 10.7. The minimum Gasteiger partial charge on any atom is -0.490 e. The largest absolute Gasteiger partial charge is 0.490 e. The molecule has 1 N–H and O–H groups in total. The summed E-state index contributed by atoms with van der Waals surface area (Å²) in [5.74, 6) is 1.03. The van der Waals surface area contributed by atoms with Crippen molar-refractivity contribution >= 4 is 11.6 Å². The number of rotatable bonds is 4. The first kappa shape index (κ1) is 13.6. The summed E-state index contributed by atoms with van der Waals surface area (Å²) in [5, 5.41) is 3.71. The molecule has 100 valence electrons. The van der Waals surface area contributed by atoms with Gasteiger partial charge < -0.3 is 10.1 Å². The third-order valence-corrected chi connectivity index (χ3v) is 3.55. The lowest BCUT2D eigenvalue weighted by atomic mass is 9.92.